The van der Waals surface area contributed by atoms with E-state index in [1.807, 2.05) is 53.5 Å². The summed E-state index contributed by atoms with van der Waals surface area (Å²) in [6.45, 7) is 2.07. The molecule has 1 aromatic heterocycles. The molecule has 0 fully saturated rings. The molecule has 0 aliphatic carbocycles. The third-order valence-electron chi connectivity index (χ3n) is 8.46. The minimum absolute atomic E-state index is 0. The molecule has 1 aliphatic rings. The van der Waals surface area contributed by atoms with Gasteiger partial charge in [0.2, 0.25) is 0 Å². The number of amidine groups is 1. The summed E-state index contributed by atoms with van der Waals surface area (Å²) in [5.41, 5.74) is 9.99. The number of anilines is 2. The summed E-state index contributed by atoms with van der Waals surface area (Å²) in [5.74, 6) is 0.892. The number of aromatic nitrogens is 1. The van der Waals surface area contributed by atoms with Gasteiger partial charge < -0.3 is 14.9 Å². The number of rotatable bonds is 5. The number of fused-ring (bicyclic) bond motifs is 3. The Bertz CT molecular complexity index is 2210. The van der Waals surface area contributed by atoms with Crippen molar-refractivity contribution in [3.8, 4) is 22.3 Å². The van der Waals surface area contributed by atoms with E-state index in [2.05, 4.69) is 156 Å². The van der Waals surface area contributed by atoms with Crippen LogP contribution in [0.4, 0.5) is 11.4 Å². The first-order valence-electron chi connectivity index (χ1n) is 16.1. The minimum atomic E-state index is 0. The van der Waals surface area contributed by atoms with Crippen LogP contribution in [0.15, 0.2) is 193 Å². The van der Waals surface area contributed by atoms with Crippen LogP contribution in [0.25, 0.3) is 44.1 Å². The first-order chi connectivity index (χ1) is 23.8. The number of hydrogen-bond donors (Lipinski definition) is 0. The summed E-state index contributed by atoms with van der Waals surface area (Å²) in [7, 11) is 0. The predicted molar refractivity (Wildman–Crippen MR) is 201 cm³/mol. The molecule has 0 amide bonds. The Kier molecular flexibility index (Phi) is 9.53. The molecule has 8 aromatic rings. The second kappa shape index (κ2) is 14.6. The van der Waals surface area contributed by atoms with Crippen LogP contribution in [0.5, 0.6) is 0 Å². The zero-order valence-corrected chi connectivity index (χ0v) is 28.7. The van der Waals surface area contributed by atoms with Crippen molar-refractivity contribution in [2.24, 2.45) is 5.10 Å². The molecule has 241 valence electrons. The fourth-order valence-corrected chi connectivity index (χ4v) is 6.09. The van der Waals surface area contributed by atoms with Crippen molar-refractivity contribution >= 4 is 39.0 Å². The molecule has 2 heterocycles. The third-order valence-corrected chi connectivity index (χ3v) is 8.46. The summed E-state index contributed by atoms with van der Waals surface area (Å²) in [6, 6.07) is 64.8. The van der Waals surface area contributed by atoms with Gasteiger partial charge in [0, 0.05) is 39.3 Å². The third kappa shape index (κ3) is 6.85. The molecule has 4 nitrogen and oxygen atoms in total. The minimum Gasteiger partial charge on any atom is -0.657 e. The Labute approximate surface area is 302 Å². The Balaban J connectivity index is 0.000000225. The number of nitrogens with zero attached hydrogens (tertiary/aromatic N) is 4. The molecule has 5 heteroatoms. The van der Waals surface area contributed by atoms with Gasteiger partial charge in [-0.15, -0.1) is 17.7 Å². The number of hydrogen-bond acceptors (Lipinski definition) is 3. The SMILES string of the molecule is [Au].c1ccc(C2=NN(c3cc(-c4ccccc4)cc(-c4ccccc4)c3)[CH-]N2c2ccccc2)cc1.c1ccc2c(c1)[n-]c1ccccc12. The fourth-order valence-electron chi connectivity index (χ4n) is 6.09. The summed E-state index contributed by atoms with van der Waals surface area (Å²) < 4.78 is 0. The van der Waals surface area contributed by atoms with Crippen LogP contribution in [0.1, 0.15) is 5.56 Å². The first-order valence-corrected chi connectivity index (χ1v) is 16.1. The normalized spacial score (nSPS) is 12.3. The van der Waals surface area contributed by atoms with Gasteiger partial charge in [-0.05, 0) is 63.4 Å². The fraction of sp³-hybridized carbons (Fsp3) is 0. The van der Waals surface area contributed by atoms with Crippen molar-refractivity contribution in [2.75, 3.05) is 9.91 Å². The van der Waals surface area contributed by atoms with Gasteiger partial charge >= 0.3 is 0 Å². The molecule has 0 saturated heterocycles. The second-order valence-corrected chi connectivity index (χ2v) is 11.6. The van der Waals surface area contributed by atoms with Crippen LogP contribution in [0.3, 0.4) is 0 Å². The van der Waals surface area contributed by atoms with Crippen molar-refractivity contribution in [3.63, 3.8) is 0 Å². The number of para-hydroxylation sites is 3. The van der Waals surface area contributed by atoms with Crippen molar-refractivity contribution in [1.82, 2.24) is 4.98 Å². The maximum Gasteiger partial charge on any atom is 0.129 e. The van der Waals surface area contributed by atoms with Gasteiger partial charge in [-0.3, -0.25) is 0 Å². The molecule has 0 N–H and O–H groups in total. The van der Waals surface area contributed by atoms with Crippen LogP contribution in [-0.2, 0) is 22.4 Å². The summed E-state index contributed by atoms with van der Waals surface area (Å²) in [6.07, 6.45) is 0. The van der Waals surface area contributed by atoms with Crippen molar-refractivity contribution in [3.05, 3.63) is 200 Å². The summed E-state index contributed by atoms with van der Waals surface area (Å²) in [5, 5.41) is 9.55. The monoisotopic (exact) mass is 813 g/mol. The van der Waals surface area contributed by atoms with Crippen molar-refractivity contribution in [2.45, 2.75) is 0 Å². The van der Waals surface area contributed by atoms with E-state index < -0.39 is 0 Å². The van der Waals surface area contributed by atoms with Gasteiger partial charge in [0.25, 0.3) is 0 Å². The molecule has 0 atom stereocenters. The van der Waals surface area contributed by atoms with Crippen LogP contribution >= 0.6 is 0 Å². The molecular weight excluding hydrogens is 781 g/mol. The topological polar surface area (TPSA) is 32.9 Å². The Morgan fingerprint density at radius 3 is 1.35 bits per heavy atom. The summed E-state index contributed by atoms with van der Waals surface area (Å²) in [4.78, 5) is 6.66. The largest absolute Gasteiger partial charge is 0.657 e. The van der Waals surface area contributed by atoms with Crippen molar-refractivity contribution in [1.29, 1.82) is 0 Å². The first kappa shape index (κ1) is 31.9. The maximum absolute atomic E-state index is 5.08. The van der Waals surface area contributed by atoms with Crippen LogP contribution in [0, 0.1) is 6.67 Å². The van der Waals surface area contributed by atoms with Gasteiger partial charge in [0.15, 0.2) is 0 Å². The van der Waals surface area contributed by atoms with Gasteiger partial charge in [0.05, 0.1) is 0 Å². The van der Waals surface area contributed by atoms with E-state index >= 15 is 0 Å². The Morgan fingerprint density at radius 1 is 0.408 bits per heavy atom. The van der Waals surface area contributed by atoms with E-state index in [-0.39, 0.29) is 22.4 Å². The van der Waals surface area contributed by atoms with Crippen LogP contribution < -0.4 is 14.9 Å². The molecular formula is C44H32AuN4-2. The van der Waals surface area contributed by atoms with Gasteiger partial charge in [-0.25, -0.2) is 0 Å². The van der Waals surface area contributed by atoms with E-state index in [4.69, 9.17) is 5.10 Å². The zero-order chi connectivity index (χ0) is 32.1. The molecule has 7 aromatic carbocycles. The predicted octanol–water partition coefficient (Wildman–Crippen LogP) is 10.8. The molecule has 1 aliphatic heterocycles. The smallest absolute Gasteiger partial charge is 0.129 e. The molecule has 1 radical (unpaired) electrons. The Hall–Kier alpha value is -5.65. The number of benzene rings is 7. The van der Waals surface area contributed by atoms with Gasteiger partial charge in [0.1, 0.15) is 5.84 Å². The average Bonchev–Trinajstić information content (AvgIpc) is 3.79. The molecule has 9 rings (SSSR count). The standard InChI is InChI=1S/C32H24N3.C12H8N.Au/c1-5-13-25(14-6-1)28-21-29(26-15-7-2-8-16-26)23-31(22-28)35-24-34(30-19-11-4-12-20-30)32(33-35)27-17-9-3-10-18-27;1-3-7-11-9(5-1)10-6-2-4-8-12(10)13-11;/h1-24H;1-8H;/q2*-1;. The average molecular weight is 814 g/mol. The van der Waals surface area contributed by atoms with E-state index in [0.29, 0.717) is 0 Å². The van der Waals surface area contributed by atoms with E-state index in [1.54, 1.807) is 0 Å². The maximum atomic E-state index is 5.08. The molecule has 49 heavy (non-hydrogen) atoms. The van der Waals surface area contributed by atoms with Crippen LogP contribution in [0.2, 0.25) is 0 Å². The van der Waals surface area contributed by atoms with E-state index in [1.165, 1.54) is 21.9 Å². The van der Waals surface area contributed by atoms with Crippen molar-refractivity contribution < 1.29 is 22.4 Å². The van der Waals surface area contributed by atoms with Gasteiger partial charge in [-0.1, -0.05) is 158 Å². The van der Waals surface area contributed by atoms with Gasteiger partial charge in [-0.2, -0.15) is 5.10 Å². The quantitative estimate of drug-likeness (QED) is 0.128. The molecule has 0 bridgehead atoms. The Morgan fingerprint density at radius 2 is 0.837 bits per heavy atom. The molecule has 0 unspecified atom stereocenters. The second-order valence-electron chi connectivity index (χ2n) is 11.6. The molecule has 0 saturated carbocycles. The van der Waals surface area contributed by atoms with E-state index in [0.717, 1.165) is 44.9 Å². The number of hydrazone groups is 1. The van der Waals surface area contributed by atoms with Crippen LogP contribution in [-0.4, -0.2) is 5.84 Å². The molecule has 0 spiro atoms. The zero-order valence-electron chi connectivity index (χ0n) is 26.6. The van der Waals surface area contributed by atoms with E-state index in [9.17, 15) is 0 Å². The summed E-state index contributed by atoms with van der Waals surface area (Å²) >= 11 is 0.